The van der Waals surface area contributed by atoms with E-state index in [0.29, 0.717) is 23.3 Å². The van der Waals surface area contributed by atoms with Crippen molar-refractivity contribution in [3.63, 3.8) is 0 Å². The number of rotatable bonds is 8. The lowest BCUT2D eigenvalue weighted by Gasteiger charge is -2.31. The molecule has 8 heteroatoms. The van der Waals surface area contributed by atoms with Crippen LogP contribution < -0.4 is 9.47 Å². The molecule has 0 aliphatic rings. The fraction of sp³-hybridized carbons (Fsp3) is 0.571. The Morgan fingerprint density at radius 3 is 2.27 bits per heavy atom. The third-order valence-electron chi connectivity index (χ3n) is 3.31. The summed E-state index contributed by atoms with van der Waals surface area (Å²) in [6.07, 6.45) is 0.263. The second kappa shape index (κ2) is 7.26. The first-order chi connectivity index (χ1) is 10.1. The highest BCUT2D eigenvalue weighted by molar-refractivity contribution is 7.85. The first-order valence-corrected chi connectivity index (χ1v) is 8.32. The summed E-state index contributed by atoms with van der Waals surface area (Å²) in [7, 11) is 2.39. The average Bonchev–Trinajstić information content (AvgIpc) is 2.38. The maximum Gasteiger partial charge on any atom is 0.197 e. The zero-order chi connectivity index (χ0) is 17.0. The van der Waals surface area contributed by atoms with Gasteiger partial charge in [0.2, 0.25) is 0 Å². The predicted molar refractivity (Wildman–Crippen MR) is 79.4 cm³/mol. The highest BCUT2D eigenvalue weighted by atomic mass is 32.2. The van der Waals surface area contributed by atoms with E-state index in [0.717, 1.165) is 5.56 Å². The van der Waals surface area contributed by atoms with Crippen molar-refractivity contribution in [3.05, 3.63) is 23.5 Å². The lowest BCUT2D eigenvalue weighted by Crippen LogP contribution is -2.40. The van der Waals surface area contributed by atoms with E-state index in [1.54, 1.807) is 6.07 Å². The van der Waals surface area contributed by atoms with Crippen LogP contribution in [0.1, 0.15) is 12.0 Å². The topological polar surface area (TPSA) is 75.7 Å². The standard InChI is InChI=1S/C14H22FNO5S/c1-16(2,8-5-9-22(17,18)19)10-11-6-7-12(15)14(21-4)13(11)20-3/h6-7H,5,8-10H2,1-4H3. The van der Waals surface area contributed by atoms with Crippen molar-refractivity contribution in [2.75, 3.05) is 40.6 Å². The number of nitrogens with zero attached hydrogens (tertiary/aromatic N) is 1. The summed E-state index contributed by atoms with van der Waals surface area (Å²) < 4.78 is 56.3. The molecule has 0 amide bonds. The van der Waals surface area contributed by atoms with Gasteiger partial charge in [-0.25, -0.2) is 12.8 Å². The van der Waals surface area contributed by atoms with E-state index in [1.807, 2.05) is 14.1 Å². The zero-order valence-electron chi connectivity index (χ0n) is 13.3. The number of ether oxygens (including phenoxy) is 2. The van der Waals surface area contributed by atoms with Crippen molar-refractivity contribution >= 4 is 10.1 Å². The van der Waals surface area contributed by atoms with Crippen LogP contribution in [-0.2, 0) is 16.7 Å². The fourth-order valence-corrected chi connectivity index (χ4v) is 2.81. The number of hydrogen-bond donors (Lipinski definition) is 0. The van der Waals surface area contributed by atoms with Gasteiger partial charge in [-0.15, -0.1) is 0 Å². The van der Waals surface area contributed by atoms with Gasteiger partial charge in [-0.1, -0.05) is 0 Å². The van der Waals surface area contributed by atoms with E-state index in [2.05, 4.69) is 0 Å². The summed E-state index contributed by atoms with van der Waals surface area (Å²) in [6, 6.07) is 2.92. The Hall–Kier alpha value is -1.38. The summed E-state index contributed by atoms with van der Waals surface area (Å²) >= 11 is 0. The van der Waals surface area contributed by atoms with Gasteiger partial charge in [-0.3, -0.25) is 0 Å². The second-order valence-corrected chi connectivity index (χ2v) is 7.23. The lowest BCUT2D eigenvalue weighted by molar-refractivity contribution is -0.903. The molecule has 0 aliphatic carbocycles. The Bertz CT molecular complexity index is 616. The van der Waals surface area contributed by atoms with Crippen LogP contribution in [0.15, 0.2) is 12.1 Å². The molecule has 0 N–H and O–H groups in total. The van der Waals surface area contributed by atoms with Gasteiger partial charge in [0.1, 0.15) is 6.54 Å². The van der Waals surface area contributed by atoms with E-state index >= 15 is 0 Å². The Kier molecular flexibility index (Phi) is 6.16. The molecule has 0 aliphatic heterocycles. The number of halogens is 1. The molecular weight excluding hydrogens is 313 g/mol. The van der Waals surface area contributed by atoms with E-state index in [-0.39, 0.29) is 12.2 Å². The molecule has 0 saturated heterocycles. The lowest BCUT2D eigenvalue weighted by atomic mass is 10.1. The van der Waals surface area contributed by atoms with Gasteiger partial charge in [0.25, 0.3) is 0 Å². The SMILES string of the molecule is COc1c(F)ccc(C[N+](C)(C)CCCS(=O)(=O)[O-])c1OC. The third-order valence-corrected chi connectivity index (χ3v) is 4.10. The van der Waals surface area contributed by atoms with Crippen LogP contribution in [0.2, 0.25) is 0 Å². The normalized spacial score (nSPS) is 12.3. The monoisotopic (exact) mass is 335 g/mol. The minimum Gasteiger partial charge on any atom is -0.748 e. The van der Waals surface area contributed by atoms with E-state index in [1.165, 1.54) is 20.3 Å². The predicted octanol–water partition coefficient (Wildman–Crippen LogP) is 1.35. The summed E-state index contributed by atoms with van der Waals surface area (Å²) in [5.74, 6) is -0.531. The molecule has 0 unspecified atom stereocenters. The molecule has 0 aromatic heterocycles. The Morgan fingerprint density at radius 2 is 1.77 bits per heavy atom. The first-order valence-electron chi connectivity index (χ1n) is 6.74. The largest absolute Gasteiger partial charge is 0.748 e. The van der Waals surface area contributed by atoms with E-state index < -0.39 is 21.7 Å². The maximum absolute atomic E-state index is 13.7. The molecule has 0 saturated carbocycles. The number of hydrogen-bond acceptors (Lipinski definition) is 5. The second-order valence-electron chi connectivity index (χ2n) is 5.71. The Labute approximate surface area is 130 Å². The van der Waals surface area contributed by atoms with Crippen LogP contribution in [0.3, 0.4) is 0 Å². The molecule has 22 heavy (non-hydrogen) atoms. The molecule has 126 valence electrons. The minimum absolute atomic E-state index is 0.0436. The van der Waals surface area contributed by atoms with Gasteiger partial charge >= 0.3 is 0 Å². The molecule has 6 nitrogen and oxygen atoms in total. The maximum atomic E-state index is 13.7. The molecule has 0 radical (unpaired) electrons. The van der Waals surface area contributed by atoms with Crippen molar-refractivity contribution in [1.29, 1.82) is 0 Å². The van der Waals surface area contributed by atoms with Crippen LogP contribution in [-0.4, -0.2) is 58.1 Å². The molecule has 0 fully saturated rings. The van der Waals surface area contributed by atoms with Gasteiger partial charge in [0.15, 0.2) is 17.3 Å². The van der Waals surface area contributed by atoms with Gasteiger partial charge in [0, 0.05) is 12.2 Å². The Morgan fingerprint density at radius 1 is 1.18 bits per heavy atom. The van der Waals surface area contributed by atoms with Crippen LogP contribution in [0.4, 0.5) is 4.39 Å². The van der Waals surface area contributed by atoms with Gasteiger partial charge in [-0.05, 0) is 12.1 Å². The first kappa shape index (κ1) is 18.7. The van der Waals surface area contributed by atoms with Crippen molar-refractivity contribution in [2.24, 2.45) is 0 Å². The van der Waals surface area contributed by atoms with Gasteiger partial charge in [0.05, 0.1) is 50.5 Å². The van der Waals surface area contributed by atoms with E-state index in [4.69, 9.17) is 9.47 Å². The molecule has 1 aromatic rings. The van der Waals surface area contributed by atoms with Gasteiger partial charge in [-0.2, -0.15) is 0 Å². The molecular formula is C14H22FNO5S. The average molecular weight is 335 g/mol. The van der Waals surface area contributed by atoms with Crippen molar-refractivity contribution < 1.29 is 31.3 Å². The molecule has 1 aromatic carbocycles. The van der Waals surface area contributed by atoms with Crippen molar-refractivity contribution in [3.8, 4) is 11.5 Å². The summed E-state index contributed by atoms with van der Waals surface area (Å²) in [4.78, 5) is 0. The zero-order valence-corrected chi connectivity index (χ0v) is 14.1. The van der Waals surface area contributed by atoms with Crippen LogP contribution >= 0.6 is 0 Å². The number of quaternary nitrogens is 1. The Balaban J connectivity index is 2.89. The fourth-order valence-electron chi connectivity index (χ4n) is 2.33. The number of benzene rings is 1. The summed E-state index contributed by atoms with van der Waals surface area (Å²) in [6.45, 7) is 0.975. The third kappa shape index (κ3) is 5.43. The quantitative estimate of drug-likeness (QED) is 0.529. The summed E-state index contributed by atoms with van der Waals surface area (Å²) in [5, 5.41) is 0. The van der Waals surface area contributed by atoms with Crippen LogP contribution in [0.25, 0.3) is 0 Å². The van der Waals surface area contributed by atoms with Gasteiger partial charge < -0.3 is 18.5 Å². The molecule has 0 spiro atoms. The van der Waals surface area contributed by atoms with Crippen molar-refractivity contribution in [1.82, 2.24) is 0 Å². The highest BCUT2D eigenvalue weighted by Crippen LogP contribution is 2.35. The smallest absolute Gasteiger partial charge is 0.197 e. The molecule has 0 heterocycles. The van der Waals surface area contributed by atoms with Crippen LogP contribution in [0.5, 0.6) is 11.5 Å². The van der Waals surface area contributed by atoms with Crippen molar-refractivity contribution in [2.45, 2.75) is 13.0 Å². The molecule has 0 bridgehead atoms. The minimum atomic E-state index is -4.20. The summed E-state index contributed by atoms with van der Waals surface area (Å²) in [5.41, 5.74) is 0.746. The molecule has 1 rings (SSSR count). The highest BCUT2D eigenvalue weighted by Gasteiger charge is 2.22. The van der Waals surface area contributed by atoms with E-state index in [9.17, 15) is 17.4 Å². The molecule has 0 atom stereocenters. The number of methoxy groups -OCH3 is 2. The van der Waals surface area contributed by atoms with Crippen LogP contribution in [0, 0.1) is 5.82 Å².